The summed E-state index contributed by atoms with van der Waals surface area (Å²) in [5.41, 5.74) is 4.37. The zero-order chi connectivity index (χ0) is 25.4. The third kappa shape index (κ3) is 6.80. The molecule has 1 aliphatic rings. The summed E-state index contributed by atoms with van der Waals surface area (Å²) in [5.74, 6) is -1.56. The molecule has 2 aromatic rings. The number of carbonyl (C=O) groups is 3. The number of hydrogen-bond acceptors (Lipinski definition) is 6. The molecule has 3 rings (SSSR count). The fraction of sp³-hybridized carbons (Fsp3) is 0.423. The highest BCUT2D eigenvalue weighted by Crippen LogP contribution is 2.44. The van der Waals surface area contributed by atoms with E-state index in [4.69, 9.17) is 14.9 Å². The van der Waals surface area contributed by atoms with Gasteiger partial charge in [-0.15, -0.1) is 0 Å². The molecule has 0 spiro atoms. The van der Waals surface area contributed by atoms with Crippen LogP contribution >= 0.6 is 0 Å². The van der Waals surface area contributed by atoms with Gasteiger partial charge in [0, 0.05) is 39.0 Å². The van der Waals surface area contributed by atoms with Crippen LogP contribution in [0.15, 0.2) is 48.5 Å². The Morgan fingerprint density at radius 1 is 0.971 bits per heavy atom. The Morgan fingerprint density at radius 3 is 2.14 bits per heavy atom. The Labute approximate surface area is 205 Å². The first-order valence-electron chi connectivity index (χ1n) is 11.7. The Kier molecular flexibility index (Phi) is 9.22. The number of benzene rings is 2. The number of carboxylic acids is 1. The van der Waals surface area contributed by atoms with Crippen LogP contribution in [-0.2, 0) is 14.3 Å². The van der Waals surface area contributed by atoms with Gasteiger partial charge in [-0.05, 0) is 35.7 Å². The van der Waals surface area contributed by atoms with Crippen molar-refractivity contribution < 1.29 is 29.3 Å². The number of ether oxygens (including phenoxy) is 1. The van der Waals surface area contributed by atoms with E-state index in [0.717, 1.165) is 22.3 Å². The molecule has 9 nitrogen and oxygen atoms in total. The summed E-state index contributed by atoms with van der Waals surface area (Å²) in [4.78, 5) is 40.0. The first kappa shape index (κ1) is 26.2. The number of carboxylic acid groups (broad SMARTS) is 1. The van der Waals surface area contributed by atoms with Crippen molar-refractivity contribution in [3.63, 3.8) is 0 Å². The minimum absolute atomic E-state index is 0.0126. The summed E-state index contributed by atoms with van der Waals surface area (Å²) < 4.78 is 5.53. The first-order valence-corrected chi connectivity index (χ1v) is 11.7. The lowest BCUT2D eigenvalue weighted by Crippen LogP contribution is -2.49. The van der Waals surface area contributed by atoms with Crippen molar-refractivity contribution >= 4 is 18.0 Å². The van der Waals surface area contributed by atoms with E-state index in [1.54, 1.807) is 7.05 Å². The highest BCUT2D eigenvalue weighted by Gasteiger charge is 2.30. The number of likely N-dealkylation sites (N-methyl/N-ethyl adjacent to an activating group) is 2. The number of aliphatic hydroxyl groups excluding tert-OH is 1. The van der Waals surface area contributed by atoms with E-state index in [1.807, 2.05) is 60.5 Å². The van der Waals surface area contributed by atoms with Gasteiger partial charge in [0.05, 0.1) is 6.61 Å². The van der Waals surface area contributed by atoms with Crippen molar-refractivity contribution in [3.8, 4) is 11.1 Å². The van der Waals surface area contributed by atoms with Crippen LogP contribution in [0.4, 0.5) is 4.79 Å². The second-order valence-electron chi connectivity index (χ2n) is 8.74. The number of aliphatic carboxylic acids is 1. The van der Waals surface area contributed by atoms with Gasteiger partial charge >= 0.3 is 12.1 Å². The normalized spacial score (nSPS) is 13.1. The molecule has 0 bridgehead atoms. The summed E-state index contributed by atoms with van der Waals surface area (Å²) in [6, 6.07) is 15.0. The number of rotatable bonds is 12. The Balaban J connectivity index is 1.62. The van der Waals surface area contributed by atoms with Crippen molar-refractivity contribution in [2.24, 2.45) is 0 Å². The van der Waals surface area contributed by atoms with E-state index in [9.17, 15) is 14.4 Å². The Bertz CT molecular complexity index is 998. The first-order chi connectivity index (χ1) is 16.8. The molecule has 9 heteroatoms. The van der Waals surface area contributed by atoms with Crippen LogP contribution in [0.5, 0.6) is 0 Å². The highest BCUT2D eigenvalue weighted by molar-refractivity contribution is 5.86. The third-order valence-electron chi connectivity index (χ3n) is 6.26. The van der Waals surface area contributed by atoms with E-state index >= 15 is 0 Å². The minimum atomic E-state index is -1.05. The molecular formula is C26H33N3O6. The SMILES string of the molecule is CN(CCO)CCN(C)C(=O)C(CCC(=O)O)NC(=O)OCC1c2ccccc2-c2ccccc21. The molecule has 0 aromatic heterocycles. The van der Waals surface area contributed by atoms with E-state index in [-0.39, 0.29) is 32.0 Å². The van der Waals surface area contributed by atoms with Crippen LogP contribution in [0.25, 0.3) is 11.1 Å². The molecule has 0 radical (unpaired) electrons. The monoisotopic (exact) mass is 483 g/mol. The summed E-state index contributed by atoms with van der Waals surface area (Å²) in [6.45, 7) is 1.48. The van der Waals surface area contributed by atoms with Gasteiger partial charge in [0.2, 0.25) is 5.91 Å². The van der Waals surface area contributed by atoms with Gasteiger partial charge in [-0.3, -0.25) is 9.59 Å². The van der Waals surface area contributed by atoms with Crippen LogP contribution in [-0.4, -0.2) is 91.0 Å². The Morgan fingerprint density at radius 2 is 1.57 bits per heavy atom. The van der Waals surface area contributed by atoms with Gasteiger partial charge in [0.1, 0.15) is 12.6 Å². The number of amides is 2. The molecule has 0 saturated heterocycles. The second kappa shape index (κ2) is 12.3. The maximum atomic E-state index is 12.9. The van der Waals surface area contributed by atoms with E-state index in [2.05, 4.69) is 5.32 Å². The van der Waals surface area contributed by atoms with E-state index < -0.39 is 24.0 Å². The standard InChI is InChI=1S/C26H33N3O6/c1-28(15-16-30)13-14-29(2)25(33)23(11-12-24(31)32)27-26(34)35-17-22-20-9-5-3-7-18(20)19-8-4-6-10-21(19)22/h3-10,22-23,30H,11-17H2,1-2H3,(H,27,34)(H,31,32). The van der Waals surface area contributed by atoms with Gasteiger partial charge in [-0.1, -0.05) is 48.5 Å². The predicted octanol–water partition coefficient (Wildman–Crippen LogP) is 2.14. The quantitative estimate of drug-likeness (QED) is 0.423. The average molecular weight is 484 g/mol. The number of carbonyl (C=O) groups excluding carboxylic acids is 2. The lowest BCUT2D eigenvalue weighted by Gasteiger charge is -2.26. The van der Waals surface area contributed by atoms with E-state index in [0.29, 0.717) is 19.6 Å². The summed E-state index contributed by atoms with van der Waals surface area (Å²) in [6.07, 6.45) is -1.07. The van der Waals surface area contributed by atoms with Crippen LogP contribution in [0.1, 0.15) is 29.9 Å². The third-order valence-corrected chi connectivity index (χ3v) is 6.26. The van der Waals surface area contributed by atoms with Crippen molar-refractivity contribution in [3.05, 3.63) is 59.7 Å². The number of fused-ring (bicyclic) bond motifs is 3. The lowest BCUT2D eigenvalue weighted by atomic mass is 9.98. The molecule has 1 unspecified atom stereocenters. The highest BCUT2D eigenvalue weighted by atomic mass is 16.5. The van der Waals surface area contributed by atoms with Crippen LogP contribution in [0, 0.1) is 0 Å². The molecule has 188 valence electrons. The van der Waals surface area contributed by atoms with Crippen molar-refractivity contribution in [1.29, 1.82) is 0 Å². The van der Waals surface area contributed by atoms with Gasteiger partial charge < -0.3 is 30.1 Å². The molecule has 1 aliphatic carbocycles. The second-order valence-corrected chi connectivity index (χ2v) is 8.74. The fourth-order valence-electron chi connectivity index (χ4n) is 4.29. The molecule has 0 fully saturated rings. The van der Waals surface area contributed by atoms with E-state index in [1.165, 1.54) is 4.90 Å². The molecule has 0 aliphatic heterocycles. The zero-order valence-electron chi connectivity index (χ0n) is 20.1. The lowest BCUT2D eigenvalue weighted by molar-refractivity contribution is -0.137. The number of alkyl carbamates (subject to hydrolysis) is 1. The molecule has 1 atom stereocenters. The molecule has 0 saturated carbocycles. The van der Waals surface area contributed by atoms with Gasteiger partial charge in [-0.2, -0.15) is 0 Å². The molecule has 2 amide bonds. The number of hydrogen-bond donors (Lipinski definition) is 3. The van der Waals surface area contributed by atoms with Crippen molar-refractivity contribution in [2.75, 3.05) is 46.9 Å². The average Bonchev–Trinajstić information content (AvgIpc) is 3.17. The van der Waals surface area contributed by atoms with Crippen LogP contribution < -0.4 is 5.32 Å². The smallest absolute Gasteiger partial charge is 0.407 e. The molecule has 0 heterocycles. The summed E-state index contributed by atoms with van der Waals surface area (Å²) in [7, 11) is 3.42. The van der Waals surface area contributed by atoms with Crippen LogP contribution in [0.2, 0.25) is 0 Å². The van der Waals surface area contributed by atoms with Crippen LogP contribution in [0.3, 0.4) is 0 Å². The van der Waals surface area contributed by atoms with Crippen molar-refractivity contribution in [2.45, 2.75) is 24.8 Å². The van der Waals surface area contributed by atoms with Gasteiger partial charge in [-0.25, -0.2) is 4.79 Å². The summed E-state index contributed by atoms with van der Waals surface area (Å²) >= 11 is 0. The van der Waals surface area contributed by atoms with Gasteiger partial charge in [0.25, 0.3) is 0 Å². The topological polar surface area (TPSA) is 119 Å². The maximum Gasteiger partial charge on any atom is 0.407 e. The largest absolute Gasteiger partial charge is 0.481 e. The summed E-state index contributed by atoms with van der Waals surface area (Å²) in [5, 5.41) is 20.7. The number of nitrogens with one attached hydrogen (secondary N) is 1. The number of aliphatic hydroxyl groups is 1. The fourth-order valence-corrected chi connectivity index (χ4v) is 4.29. The Hall–Kier alpha value is -3.43. The molecule has 35 heavy (non-hydrogen) atoms. The predicted molar refractivity (Wildman–Crippen MR) is 131 cm³/mol. The maximum absolute atomic E-state index is 12.9. The molecular weight excluding hydrogens is 450 g/mol. The van der Waals surface area contributed by atoms with Gasteiger partial charge in [0.15, 0.2) is 0 Å². The zero-order valence-corrected chi connectivity index (χ0v) is 20.1. The number of nitrogens with zero attached hydrogens (tertiary/aromatic N) is 2. The minimum Gasteiger partial charge on any atom is -0.481 e. The molecule has 2 aromatic carbocycles. The van der Waals surface area contributed by atoms with Crippen molar-refractivity contribution in [1.82, 2.24) is 15.1 Å². The molecule has 3 N–H and O–H groups in total.